The Bertz CT molecular complexity index is 1040. The number of nitrogen functional groups attached to an aromatic ring is 1. The molecule has 1 aromatic heterocycles. The van der Waals surface area contributed by atoms with Crippen molar-refractivity contribution in [2.24, 2.45) is 0 Å². The first-order chi connectivity index (χ1) is 15.0. The highest BCUT2D eigenvalue weighted by molar-refractivity contribution is 6.62. The van der Waals surface area contributed by atoms with Crippen molar-refractivity contribution >= 4 is 42.0 Å². The van der Waals surface area contributed by atoms with Crippen molar-refractivity contribution < 1.29 is 18.8 Å². The number of carbonyl (C=O) groups is 1. The lowest BCUT2D eigenvalue weighted by Gasteiger charge is -2.32. The van der Waals surface area contributed by atoms with Crippen molar-refractivity contribution in [1.82, 2.24) is 10.3 Å². The molecule has 0 aliphatic carbocycles. The summed E-state index contributed by atoms with van der Waals surface area (Å²) < 4.78 is 18.3. The van der Waals surface area contributed by atoms with Gasteiger partial charge in [0.15, 0.2) is 0 Å². The molecule has 1 aromatic carbocycles. The molecule has 1 atom stereocenters. The average Bonchev–Trinajstić information content (AvgIpc) is 3.23. The Morgan fingerprint density at radius 1 is 1.28 bits per heavy atom. The zero-order chi connectivity index (χ0) is 23.1. The fourth-order valence-electron chi connectivity index (χ4n) is 3.60. The van der Waals surface area contributed by atoms with Gasteiger partial charge in [-0.05, 0) is 68.6 Å². The summed E-state index contributed by atoms with van der Waals surface area (Å²) in [5, 5.41) is 3.37. The van der Waals surface area contributed by atoms with E-state index in [4.69, 9.17) is 31.4 Å². The monoisotopic (exact) mass is 455 g/mol. The second-order valence-corrected chi connectivity index (χ2v) is 9.53. The number of anilines is 1. The van der Waals surface area contributed by atoms with Gasteiger partial charge >= 0.3 is 7.12 Å². The molecule has 0 saturated carbocycles. The lowest BCUT2D eigenvalue weighted by atomic mass is 9.78. The van der Waals surface area contributed by atoms with E-state index in [0.717, 1.165) is 16.6 Å². The maximum Gasteiger partial charge on any atom is 0.494 e. The second-order valence-electron chi connectivity index (χ2n) is 9.12. The second kappa shape index (κ2) is 8.43. The molecule has 1 saturated heterocycles. The van der Waals surface area contributed by atoms with Crippen LogP contribution in [0.2, 0.25) is 5.02 Å². The van der Waals surface area contributed by atoms with Gasteiger partial charge in [-0.2, -0.15) is 0 Å². The van der Waals surface area contributed by atoms with E-state index < -0.39 is 18.3 Å². The van der Waals surface area contributed by atoms with Gasteiger partial charge in [0.25, 0.3) is 0 Å². The SMILES string of the molecule is CC1(C)OB(c2cc(Cl)c3c(c2)CC(CNC(=O)C=Cc2ccc(N)nc2)O3)OC1(C)C. The standard InChI is InChI=1S/C23H27BClN3O4/c1-22(2)23(3,4)32-24(31-22)16-9-15-10-17(30-21(15)18(25)11-16)13-28-20(29)8-6-14-5-7-19(26)27-12-14/h5-9,11-12,17H,10,13H2,1-4H3,(H2,26,27)(H,28,29). The highest BCUT2D eigenvalue weighted by Crippen LogP contribution is 2.39. The molecule has 2 aromatic rings. The molecular weight excluding hydrogens is 429 g/mol. The van der Waals surface area contributed by atoms with Gasteiger partial charge in [-0.25, -0.2) is 4.98 Å². The van der Waals surface area contributed by atoms with Crippen LogP contribution >= 0.6 is 11.6 Å². The fourth-order valence-corrected chi connectivity index (χ4v) is 3.89. The number of benzene rings is 1. The summed E-state index contributed by atoms with van der Waals surface area (Å²) in [6.45, 7) is 8.42. The van der Waals surface area contributed by atoms with Crippen molar-refractivity contribution in [3.63, 3.8) is 0 Å². The summed E-state index contributed by atoms with van der Waals surface area (Å²) >= 11 is 6.50. The number of amides is 1. The molecule has 1 unspecified atom stereocenters. The lowest BCUT2D eigenvalue weighted by Crippen LogP contribution is -2.41. The molecule has 7 nitrogen and oxygen atoms in total. The maximum atomic E-state index is 12.2. The Morgan fingerprint density at radius 2 is 2.00 bits per heavy atom. The number of nitrogens with two attached hydrogens (primary N) is 1. The summed E-state index contributed by atoms with van der Waals surface area (Å²) in [6.07, 6.45) is 5.17. The molecule has 0 bridgehead atoms. The predicted octanol–water partition coefficient (Wildman–Crippen LogP) is 2.75. The Labute approximate surface area is 193 Å². The van der Waals surface area contributed by atoms with Crippen molar-refractivity contribution in [1.29, 1.82) is 0 Å². The van der Waals surface area contributed by atoms with E-state index in [1.54, 1.807) is 24.4 Å². The predicted molar refractivity (Wildman–Crippen MR) is 126 cm³/mol. The average molecular weight is 456 g/mol. The molecule has 1 amide bonds. The Balaban J connectivity index is 1.36. The highest BCUT2D eigenvalue weighted by Gasteiger charge is 2.52. The first-order valence-corrected chi connectivity index (χ1v) is 10.9. The highest BCUT2D eigenvalue weighted by atomic mass is 35.5. The largest absolute Gasteiger partial charge is 0.494 e. The van der Waals surface area contributed by atoms with E-state index in [-0.39, 0.29) is 12.0 Å². The molecular formula is C23H27BClN3O4. The molecule has 9 heteroatoms. The number of rotatable bonds is 5. The number of pyridine rings is 1. The molecule has 2 aliphatic rings. The van der Waals surface area contributed by atoms with Crippen LogP contribution in [0.5, 0.6) is 5.75 Å². The summed E-state index contributed by atoms with van der Waals surface area (Å²) in [5.41, 5.74) is 7.34. The molecule has 4 rings (SSSR count). The third kappa shape index (κ3) is 4.63. The van der Waals surface area contributed by atoms with Gasteiger partial charge in [0.2, 0.25) is 5.91 Å². The minimum Gasteiger partial charge on any atom is -0.486 e. The van der Waals surface area contributed by atoms with Crippen LogP contribution in [0.1, 0.15) is 38.8 Å². The Kier molecular flexibility index (Phi) is 5.96. The van der Waals surface area contributed by atoms with Crippen LogP contribution in [0.4, 0.5) is 5.82 Å². The molecule has 2 aliphatic heterocycles. The van der Waals surface area contributed by atoms with Crippen molar-refractivity contribution in [3.05, 3.63) is 52.7 Å². The number of fused-ring (bicyclic) bond motifs is 1. The summed E-state index contributed by atoms with van der Waals surface area (Å²) in [7, 11) is -0.491. The normalized spacial score (nSPS) is 20.9. The number of nitrogens with one attached hydrogen (secondary N) is 1. The van der Waals surface area contributed by atoms with E-state index in [0.29, 0.717) is 29.6 Å². The van der Waals surface area contributed by atoms with Gasteiger partial charge in [-0.15, -0.1) is 0 Å². The molecule has 3 N–H and O–H groups in total. The third-order valence-corrected chi connectivity index (χ3v) is 6.42. The lowest BCUT2D eigenvalue weighted by molar-refractivity contribution is -0.116. The van der Waals surface area contributed by atoms with Crippen molar-refractivity contribution in [3.8, 4) is 5.75 Å². The van der Waals surface area contributed by atoms with Crippen molar-refractivity contribution in [2.45, 2.75) is 51.4 Å². The quantitative estimate of drug-likeness (QED) is 0.532. The zero-order valence-corrected chi connectivity index (χ0v) is 19.4. The molecule has 32 heavy (non-hydrogen) atoms. The van der Waals surface area contributed by atoms with Crippen molar-refractivity contribution in [2.75, 3.05) is 12.3 Å². The van der Waals surface area contributed by atoms with Crippen LogP contribution in [0, 0.1) is 0 Å². The molecule has 168 valence electrons. The van der Waals surface area contributed by atoms with Gasteiger partial charge in [0.05, 0.1) is 22.8 Å². The topological polar surface area (TPSA) is 95.7 Å². The number of carbonyl (C=O) groups excluding carboxylic acids is 1. The van der Waals surface area contributed by atoms with Gasteiger partial charge in [0.1, 0.15) is 17.7 Å². The van der Waals surface area contributed by atoms with E-state index in [1.807, 2.05) is 39.8 Å². The molecule has 1 fully saturated rings. The van der Waals surface area contributed by atoms with Gasteiger partial charge in [0, 0.05) is 18.7 Å². The minimum absolute atomic E-state index is 0.202. The van der Waals surface area contributed by atoms with Crippen LogP contribution in [0.15, 0.2) is 36.5 Å². The van der Waals surface area contributed by atoms with E-state index >= 15 is 0 Å². The molecule has 0 spiro atoms. The number of halogens is 1. The minimum atomic E-state index is -0.491. The van der Waals surface area contributed by atoms with Crippen LogP contribution in [-0.2, 0) is 20.5 Å². The van der Waals surface area contributed by atoms with Gasteiger partial charge < -0.3 is 25.1 Å². The smallest absolute Gasteiger partial charge is 0.486 e. The van der Waals surface area contributed by atoms with E-state index in [2.05, 4.69) is 10.3 Å². The Morgan fingerprint density at radius 3 is 2.66 bits per heavy atom. The summed E-state index contributed by atoms with van der Waals surface area (Å²) in [6, 6.07) is 7.32. The van der Waals surface area contributed by atoms with Gasteiger partial charge in [-0.3, -0.25) is 4.79 Å². The first-order valence-electron chi connectivity index (χ1n) is 10.6. The van der Waals surface area contributed by atoms with Crippen LogP contribution < -0.4 is 21.3 Å². The summed E-state index contributed by atoms with van der Waals surface area (Å²) in [4.78, 5) is 16.2. The number of hydrogen-bond acceptors (Lipinski definition) is 6. The third-order valence-electron chi connectivity index (χ3n) is 6.14. The first kappa shape index (κ1) is 22.6. The van der Waals surface area contributed by atoms with E-state index in [1.165, 1.54) is 6.08 Å². The Hall–Kier alpha value is -2.55. The molecule has 0 radical (unpaired) electrons. The van der Waals surface area contributed by atoms with Crippen LogP contribution in [-0.4, -0.2) is 41.9 Å². The number of aromatic nitrogens is 1. The summed E-state index contributed by atoms with van der Waals surface area (Å²) in [5.74, 6) is 0.866. The van der Waals surface area contributed by atoms with Crippen LogP contribution in [0.3, 0.4) is 0 Å². The number of nitrogens with zero attached hydrogens (tertiary/aromatic N) is 1. The van der Waals surface area contributed by atoms with Crippen LogP contribution in [0.25, 0.3) is 6.08 Å². The fraction of sp³-hybridized carbons (Fsp3) is 0.391. The zero-order valence-electron chi connectivity index (χ0n) is 18.6. The number of ether oxygens (including phenoxy) is 1. The van der Waals surface area contributed by atoms with Gasteiger partial charge in [-0.1, -0.05) is 17.7 Å². The maximum absolute atomic E-state index is 12.2. The van der Waals surface area contributed by atoms with E-state index in [9.17, 15) is 4.79 Å². The number of hydrogen-bond donors (Lipinski definition) is 2. The molecule has 3 heterocycles.